The Morgan fingerprint density at radius 1 is 1.10 bits per heavy atom. The molecule has 0 amide bonds. The second kappa shape index (κ2) is 5.82. The van der Waals surface area contributed by atoms with Crippen molar-refractivity contribution < 1.29 is 8.42 Å². The van der Waals surface area contributed by atoms with Gasteiger partial charge in [-0.15, -0.1) is 0 Å². The van der Waals surface area contributed by atoms with Gasteiger partial charge in [0.2, 0.25) is 5.95 Å². The van der Waals surface area contributed by atoms with Crippen LogP contribution < -0.4 is 10.0 Å². The summed E-state index contributed by atoms with van der Waals surface area (Å²) in [5, 5.41) is 3.26. The Morgan fingerprint density at radius 3 is 2.35 bits per heavy atom. The van der Waals surface area contributed by atoms with Crippen LogP contribution in [-0.2, 0) is 10.0 Å². The lowest BCUT2D eigenvalue weighted by atomic mass is 10.4. The molecule has 1 heterocycles. The van der Waals surface area contributed by atoms with Gasteiger partial charge in [-0.1, -0.05) is 23.2 Å². The maximum absolute atomic E-state index is 12.1. The number of sulfonamides is 1. The van der Waals surface area contributed by atoms with E-state index in [1.165, 1.54) is 30.3 Å². The summed E-state index contributed by atoms with van der Waals surface area (Å²) >= 11 is 11.5. The zero-order chi connectivity index (χ0) is 14.8. The lowest BCUT2D eigenvalue weighted by Gasteiger charge is -2.08. The van der Waals surface area contributed by atoms with E-state index in [1.54, 1.807) is 7.05 Å². The molecule has 0 saturated heterocycles. The van der Waals surface area contributed by atoms with Crippen molar-refractivity contribution in [1.82, 2.24) is 9.97 Å². The first-order valence-electron chi connectivity index (χ1n) is 5.41. The van der Waals surface area contributed by atoms with Crippen molar-refractivity contribution in [3.63, 3.8) is 0 Å². The first-order chi connectivity index (χ1) is 9.40. The molecule has 0 bridgehead atoms. The number of hydrogen-bond acceptors (Lipinski definition) is 5. The second-order valence-corrected chi connectivity index (χ2v) is 6.22. The SMILES string of the molecule is CNc1nc(Cl)cc(NS(=O)(=O)c2ccc(Cl)cc2)n1. The third kappa shape index (κ3) is 3.50. The summed E-state index contributed by atoms with van der Waals surface area (Å²) in [5.41, 5.74) is 0. The van der Waals surface area contributed by atoms with E-state index in [1.807, 2.05) is 0 Å². The minimum absolute atomic E-state index is 0.0719. The van der Waals surface area contributed by atoms with Crippen LogP contribution in [0.15, 0.2) is 35.2 Å². The zero-order valence-electron chi connectivity index (χ0n) is 10.3. The predicted molar refractivity (Wildman–Crippen MR) is 78.8 cm³/mol. The molecule has 2 N–H and O–H groups in total. The van der Waals surface area contributed by atoms with Crippen LogP contribution in [-0.4, -0.2) is 25.4 Å². The van der Waals surface area contributed by atoms with Crippen LogP contribution in [0.3, 0.4) is 0 Å². The maximum Gasteiger partial charge on any atom is 0.263 e. The van der Waals surface area contributed by atoms with Crippen LogP contribution >= 0.6 is 23.2 Å². The van der Waals surface area contributed by atoms with Crippen molar-refractivity contribution in [2.24, 2.45) is 0 Å². The van der Waals surface area contributed by atoms with Gasteiger partial charge >= 0.3 is 0 Å². The van der Waals surface area contributed by atoms with E-state index in [0.29, 0.717) is 5.02 Å². The van der Waals surface area contributed by atoms with E-state index >= 15 is 0 Å². The van der Waals surface area contributed by atoms with Crippen LogP contribution in [0.25, 0.3) is 0 Å². The van der Waals surface area contributed by atoms with E-state index in [4.69, 9.17) is 23.2 Å². The summed E-state index contributed by atoms with van der Waals surface area (Å²) in [7, 11) is -2.16. The number of hydrogen-bond donors (Lipinski definition) is 2. The van der Waals surface area contributed by atoms with Gasteiger partial charge < -0.3 is 5.32 Å². The number of rotatable bonds is 4. The average Bonchev–Trinajstić information content (AvgIpc) is 2.37. The standard InChI is InChI=1S/C11H10Cl2N4O2S/c1-14-11-15-9(13)6-10(16-11)17-20(18,19)8-4-2-7(12)3-5-8/h2-6H,1H3,(H2,14,15,16,17). The first kappa shape index (κ1) is 14.8. The predicted octanol–water partition coefficient (Wildman–Crippen LogP) is 2.63. The molecular weight excluding hydrogens is 323 g/mol. The van der Waals surface area contributed by atoms with E-state index in [2.05, 4.69) is 20.0 Å². The highest BCUT2D eigenvalue weighted by molar-refractivity contribution is 7.92. The Bertz CT molecular complexity index is 720. The normalized spacial score (nSPS) is 11.2. The van der Waals surface area contributed by atoms with Gasteiger partial charge in [0.1, 0.15) is 11.0 Å². The topological polar surface area (TPSA) is 84.0 Å². The van der Waals surface area contributed by atoms with Crippen molar-refractivity contribution in [3.05, 3.63) is 40.5 Å². The molecular formula is C11H10Cl2N4O2S. The number of halogens is 2. The van der Waals surface area contributed by atoms with Crippen LogP contribution in [0, 0.1) is 0 Å². The molecule has 0 aliphatic carbocycles. The van der Waals surface area contributed by atoms with Crippen LogP contribution in [0.1, 0.15) is 0 Å². The number of aromatic nitrogens is 2. The van der Waals surface area contributed by atoms with Crippen molar-refractivity contribution >= 4 is 45.0 Å². The Hall–Kier alpha value is -1.57. The van der Waals surface area contributed by atoms with Gasteiger partial charge in [-0.2, -0.15) is 4.98 Å². The Morgan fingerprint density at radius 2 is 1.75 bits per heavy atom. The van der Waals surface area contributed by atoms with E-state index in [-0.39, 0.29) is 21.8 Å². The highest BCUT2D eigenvalue weighted by Gasteiger charge is 2.15. The Kier molecular flexibility index (Phi) is 4.32. The molecule has 20 heavy (non-hydrogen) atoms. The summed E-state index contributed by atoms with van der Waals surface area (Å²) in [5.74, 6) is 0.288. The second-order valence-electron chi connectivity index (χ2n) is 3.71. The largest absolute Gasteiger partial charge is 0.357 e. The summed E-state index contributed by atoms with van der Waals surface area (Å²) in [4.78, 5) is 7.89. The molecule has 0 aliphatic heterocycles. The van der Waals surface area contributed by atoms with Gasteiger partial charge in [0, 0.05) is 18.1 Å². The summed E-state index contributed by atoms with van der Waals surface area (Å²) < 4.78 is 26.6. The summed E-state index contributed by atoms with van der Waals surface area (Å²) in [6.45, 7) is 0. The lowest BCUT2D eigenvalue weighted by molar-refractivity contribution is 0.601. The minimum atomic E-state index is -3.76. The molecule has 2 rings (SSSR count). The quantitative estimate of drug-likeness (QED) is 0.841. The van der Waals surface area contributed by atoms with Crippen LogP contribution in [0.2, 0.25) is 10.2 Å². The minimum Gasteiger partial charge on any atom is -0.357 e. The molecule has 0 fully saturated rings. The van der Waals surface area contributed by atoms with Gasteiger partial charge in [-0.05, 0) is 24.3 Å². The highest BCUT2D eigenvalue weighted by atomic mass is 35.5. The molecule has 0 saturated carbocycles. The molecule has 0 atom stereocenters. The lowest BCUT2D eigenvalue weighted by Crippen LogP contribution is -2.14. The first-order valence-corrected chi connectivity index (χ1v) is 7.65. The molecule has 1 aromatic heterocycles. The monoisotopic (exact) mass is 332 g/mol. The van der Waals surface area contributed by atoms with Gasteiger partial charge in [0.25, 0.3) is 10.0 Å². The van der Waals surface area contributed by atoms with Gasteiger partial charge in [0.15, 0.2) is 0 Å². The number of nitrogens with one attached hydrogen (secondary N) is 2. The smallest absolute Gasteiger partial charge is 0.263 e. The summed E-state index contributed by atoms with van der Waals surface area (Å²) in [6.07, 6.45) is 0. The van der Waals surface area contributed by atoms with Gasteiger partial charge in [-0.3, -0.25) is 4.72 Å². The van der Waals surface area contributed by atoms with E-state index < -0.39 is 10.0 Å². The summed E-state index contributed by atoms with van der Waals surface area (Å²) in [6, 6.07) is 7.08. The van der Waals surface area contributed by atoms with E-state index in [9.17, 15) is 8.42 Å². The fourth-order valence-electron chi connectivity index (χ4n) is 1.39. The molecule has 1 aromatic carbocycles. The fraction of sp³-hybridized carbons (Fsp3) is 0.0909. The Labute approximate surface area is 126 Å². The fourth-order valence-corrected chi connectivity index (χ4v) is 2.69. The van der Waals surface area contributed by atoms with Crippen molar-refractivity contribution in [3.8, 4) is 0 Å². The molecule has 6 nitrogen and oxygen atoms in total. The maximum atomic E-state index is 12.1. The van der Waals surface area contributed by atoms with Crippen molar-refractivity contribution in [2.45, 2.75) is 4.90 Å². The molecule has 9 heteroatoms. The van der Waals surface area contributed by atoms with E-state index in [0.717, 1.165) is 0 Å². The van der Waals surface area contributed by atoms with Crippen LogP contribution in [0.5, 0.6) is 0 Å². The molecule has 0 spiro atoms. The van der Waals surface area contributed by atoms with Gasteiger partial charge in [0.05, 0.1) is 4.90 Å². The molecule has 106 valence electrons. The highest BCUT2D eigenvalue weighted by Crippen LogP contribution is 2.19. The molecule has 0 aliphatic rings. The van der Waals surface area contributed by atoms with Crippen LogP contribution in [0.4, 0.5) is 11.8 Å². The Balaban J connectivity index is 2.33. The molecule has 0 unspecified atom stereocenters. The van der Waals surface area contributed by atoms with Crippen molar-refractivity contribution in [2.75, 3.05) is 17.1 Å². The number of nitrogens with zero attached hydrogens (tertiary/aromatic N) is 2. The third-order valence-corrected chi connectivity index (χ3v) is 4.10. The molecule has 0 radical (unpaired) electrons. The average molecular weight is 333 g/mol. The molecule has 2 aromatic rings. The van der Waals surface area contributed by atoms with Gasteiger partial charge in [-0.25, -0.2) is 13.4 Å². The number of benzene rings is 1. The van der Waals surface area contributed by atoms with Crippen molar-refractivity contribution in [1.29, 1.82) is 0 Å². The third-order valence-electron chi connectivity index (χ3n) is 2.28. The zero-order valence-corrected chi connectivity index (χ0v) is 12.6. The number of anilines is 2.